The Morgan fingerprint density at radius 3 is 1.31 bits per heavy atom. The van der Waals surface area contributed by atoms with Crippen molar-refractivity contribution in [3.8, 4) is 0 Å². The molecule has 1 aliphatic rings. The number of rotatable bonds is 0. The van der Waals surface area contributed by atoms with Gasteiger partial charge in [0.05, 0.1) is 0 Å². The van der Waals surface area contributed by atoms with Crippen LogP contribution in [-0.2, 0) is 19.2 Å². The number of hydrogen-bond acceptors (Lipinski definition) is 4. The molecular weight excluding hydrogens is 212 g/mol. The first-order valence-corrected chi connectivity index (χ1v) is 4.96. The average Bonchev–Trinajstić information content (AvgIpc) is 2.14. The predicted octanol–water partition coefficient (Wildman–Crippen LogP) is -0.473. The first-order chi connectivity index (χ1) is 7.29. The standard InChI is InChI=1S/C10H14N2O4/c1-5-9(15)12(8(4)14)6(2)10(16)11(5)7(3)13/h5-6H,1-4H3/t5-,6-/m0/s1. The molecule has 0 saturated carbocycles. The minimum Gasteiger partial charge on any atom is -0.275 e. The van der Waals surface area contributed by atoms with E-state index in [4.69, 9.17) is 0 Å². The zero-order valence-corrected chi connectivity index (χ0v) is 9.68. The van der Waals surface area contributed by atoms with Crippen molar-refractivity contribution in [1.82, 2.24) is 9.80 Å². The SMILES string of the molecule is CC(=O)N1C(=O)[C@H](C)N(C(C)=O)C(=O)[C@@H]1C. The summed E-state index contributed by atoms with van der Waals surface area (Å²) in [6.07, 6.45) is 0. The Balaban J connectivity index is 3.14. The lowest BCUT2D eigenvalue weighted by Gasteiger charge is -2.39. The predicted molar refractivity (Wildman–Crippen MR) is 54.0 cm³/mol. The largest absolute Gasteiger partial charge is 0.275 e. The molecule has 1 heterocycles. The summed E-state index contributed by atoms with van der Waals surface area (Å²) in [5.74, 6) is -2.01. The van der Waals surface area contributed by atoms with Crippen LogP contribution in [0.5, 0.6) is 0 Å². The number of hydrogen-bond donors (Lipinski definition) is 0. The van der Waals surface area contributed by atoms with Gasteiger partial charge in [-0.3, -0.25) is 29.0 Å². The zero-order chi connectivity index (χ0) is 12.6. The quantitative estimate of drug-likeness (QED) is 0.559. The molecular formula is C10H14N2O4. The van der Waals surface area contributed by atoms with Gasteiger partial charge in [0.1, 0.15) is 12.1 Å². The fourth-order valence-electron chi connectivity index (χ4n) is 1.86. The van der Waals surface area contributed by atoms with E-state index in [9.17, 15) is 19.2 Å². The van der Waals surface area contributed by atoms with Crippen LogP contribution in [0.3, 0.4) is 0 Å². The fraction of sp³-hybridized carbons (Fsp3) is 0.600. The van der Waals surface area contributed by atoms with Crippen LogP contribution >= 0.6 is 0 Å². The Morgan fingerprint density at radius 1 is 0.875 bits per heavy atom. The molecule has 4 amide bonds. The van der Waals surface area contributed by atoms with Crippen LogP contribution in [0.4, 0.5) is 0 Å². The lowest BCUT2D eigenvalue weighted by Crippen LogP contribution is -2.65. The third-order valence-corrected chi connectivity index (χ3v) is 2.64. The second kappa shape index (κ2) is 4.03. The van der Waals surface area contributed by atoms with Crippen LogP contribution in [0.25, 0.3) is 0 Å². The summed E-state index contributed by atoms with van der Waals surface area (Å²) in [6.45, 7) is 5.31. The number of piperazine rings is 1. The van der Waals surface area contributed by atoms with E-state index >= 15 is 0 Å². The van der Waals surface area contributed by atoms with E-state index in [0.29, 0.717) is 0 Å². The Kier molecular flexibility index (Phi) is 3.11. The smallest absolute Gasteiger partial charge is 0.252 e. The summed E-state index contributed by atoms with van der Waals surface area (Å²) in [7, 11) is 0. The van der Waals surface area contributed by atoms with E-state index in [2.05, 4.69) is 0 Å². The molecule has 0 N–H and O–H groups in total. The van der Waals surface area contributed by atoms with Crippen molar-refractivity contribution in [2.24, 2.45) is 0 Å². The number of amides is 4. The first kappa shape index (κ1) is 12.4. The van der Waals surface area contributed by atoms with Crippen LogP contribution in [-0.4, -0.2) is 45.5 Å². The Hall–Kier alpha value is -1.72. The molecule has 1 aliphatic heterocycles. The number of carbonyl (C=O) groups is 4. The second-order valence-electron chi connectivity index (χ2n) is 3.81. The summed E-state index contributed by atoms with van der Waals surface area (Å²) in [5.41, 5.74) is 0. The molecule has 88 valence electrons. The van der Waals surface area contributed by atoms with E-state index in [-0.39, 0.29) is 0 Å². The van der Waals surface area contributed by atoms with Gasteiger partial charge in [-0.05, 0) is 13.8 Å². The molecule has 6 heteroatoms. The summed E-state index contributed by atoms with van der Waals surface area (Å²) in [5, 5.41) is 0. The Labute approximate surface area is 93.2 Å². The molecule has 2 atom stereocenters. The van der Waals surface area contributed by atoms with Crippen molar-refractivity contribution in [3.05, 3.63) is 0 Å². The van der Waals surface area contributed by atoms with Gasteiger partial charge in [-0.15, -0.1) is 0 Å². The van der Waals surface area contributed by atoms with Gasteiger partial charge in [0.2, 0.25) is 11.8 Å². The molecule has 0 bridgehead atoms. The van der Waals surface area contributed by atoms with E-state index in [1.165, 1.54) is 27.7 Å². The molecule has 0 spiro atoms. The van der Waals surface area contributed by atoms with Gasteiger partial charge in [-0.1, -0.05) is 0 Å². The Morgan fingerprint density at radius 2 is 1.12 bits per heavy atom. The second-order valence-corrected chi connectivity index (χ2v) is 3.81. The molecule has 1 fully saturated rings. The molecule has 0 aliphatic carbocycles. The molecule has 16 heavy (non-hydrogen) atoms. The molecule has 6 nitrogen and oxygen atoms in total. The van der Waals surface area contributed by atoms with Gasteiger partial charge in [0.15, 0.2) is 0 Å². The maximum absolute atomic E-state index is 11.8. The van der Waals surface area contributed by atoms with Crippen LogP contribution in [0.1, 0.15) is 27.7 Å². The highest BCUT2D eigenvalue weighted by atomic mass is 16.2. The van der Waals surface area contributed by atoms with Gasteiger partial charge < -0.3 is 0 Å². The molecule has 0 aromatic heterocycles. The van der Waals surface area contributed by atoms with Crippen molar-refractivity contribution >= 4 is 23.6 Å². The van der Waals surface area contributed by atoms with E-state index in [0.717, 1.165) is 9.80 Å². The van der Waals surface area contributed by atoms with E-state index < -0.39 is 35.7 Å². The van der Waals surface area contributed by atoms with Gasteiger partial charge >= 0.3 is 0 Å². The third kappa shape index (κ3) is 1.70. The first-order valence-electron chi connectivity index (χ1n) is 4.96. The number of imide groups is 2. The monoisotopic (exact) mass is 226 g/mol. The highest BCUT2D eigenvalue weighted by Gasteiger charge is 2.45. The summed E-state index contributed by atoms with van der Waals surface area (Å²) < 4.78 is 0. The molecule has 0 radical (unpaired) electrons. The van der Waals surface area contributed by atoms with Crippen molar-refractivity contribution in [2.45, 2.75) is 39.8 Å². The highest BCUT2D eigenvalue weighted by Crippen LogP contribution is 2.18. The van der Waals surface area contributed by atoms with Crippen LogP contribution in [0, 0.1) is 0 Å². The minimum absolute atomic E-state index is 0.485. The fourth-order valence-corrected chi connectivity index (χ4v) is 1.86. The summed E-state index contributed by atoms with van der Waals surface area (Å²) in [6, 6.07) is -1.82. The molecule has 0 unspecified atom stereocenters. The molecule has 0 aromatic carbocycles. The summed E-state index contributed by atoms with van der Waals surface area (Å²) >= 11 is 0. The van der Waals surface area contributed by atoms with Crippen LogP contribution in [0.2, 0.25) is 0 Å². The normalized spacial score (nSPS) is 26.0. The lowest BCUT2D eigenvalue weighted by molar-refractivity contribution is -0.169. The maximum Gasteiger partial charge on any atom is 0.252 e. The zero-order valence-electron chi connectivity index (χ0n) is 9.68. The van der Waals surface area contributed by atoms with Gasteiger partial charge in [0.25, 0.3) is 11.8 Å². The number of nitrogens with zero attached hydrogens (tertiary/aromatic N) is 2. The molecule has 1 saturated heterocycles. The number of carbonyl (C=O) groups excluding carboxylic acids is 4. The van der Waals surface area contributed by atoms with Crippen molar-refractivity contribution in [3.63, 3.8) is 0 Å². The van der Waals surface area contributed by atoms with Gasteiger partial charge in [0, 0.05) is 13.8 Å². The highest BCUT2D eigenvalue weighted by molar-refractivity contribution is 6.10. The van der Waals surface area contributed by atoms with E-state index in [1.807, 2.05) is 0 Å². The van der Waals surface area contributed by atoms with Crippen LogP contribution in [0.15, 0.2) is 0 Å². The van der Waals surface area contributed by atoms with E-state index in [1.54, 1.807) is 0 Å². The maximum atomic E-state index is 11.8. The third-order valence-electron chi connectivity index (χ3n) is 2.64. The van der Waals surface area contributed by atoms with Crippen molar-refractivity contribution < 1.29 is 19.2 Å². The van der Waals surface area contributed by atoms with Gasteiger partial charge in [-0.25, -0.2) is 0 Å². The Bertz CT molecular complexity index is 341. The van der Waals surface area contributed by atoms with Gasteiger partial charge in [-0.2, -0.15) is 0 Å². The summed E-state index contributed by atoms with van der Waals surface area (Å²) in [4.78, 5) is 47.9. The molecule has 0 aromatic rings. The average molecular weight is 226 g/mol. The minimum atomic E-state index is -0.912. The van der Waals surface area contributed by atoms with Crippen molar-refractivity contribution in [1.29, 1.82) is 0 Å². The lowest BCUT2D eigenvalue weighted by atomic mass is 10.1. The topological polar surface area (TPSA) is 74.8 Å². The molecule has 1 rings (SSSR count). The van der Waals surface area contributed by atoms with Crippen molar-refractivity contribution in [2.75, 3.05) is 0 Å². The van der Waals surface area contributed by atoms with Crippen LogP contribution < -0.4 is 0 Å².